The van der Waals surface area contributed by atoms with Crippen LogP contribution < -0.4 is 20.7 Å². The predicted molar refractivity (Wildman–Crippen MR) is 123 cm³/mol. The molecule has 3 N–H and O–H groups in total. The Morgan fingerprint density at radius 3 is 2.88 bits per heavy atom. The van der Waals surface area contributed by atoms with Crippen molar-refractivity contribution >= 4 is 17.5 Å². The first kappa shape index (κ1) is 22.9. The Labute approximate surface area is 190 Å². The maximum absolute atomic E-state index is 13.3. The highest BCUT2D eigenvalue weighted by atomic mass is 16.5. The van der Waals surface area contributed by atoms with Crippen LogP contribution in [0.25, 0.3) is 0 Å². The molecule has 2 amide bonds. The molecule has 3 heterocycles. The number of piperidine rings is 1. The first-order valence-corrected chi connectivity index (χ1v) is 11.9. The average Bonchev–Trinajstić information content (AvgIpc) is 3.27. The number of benzene rings is 1. The number of morpholine rings is 1. The number of anilines is 1. The van der Waals surface area contributed by atoms with Crippen molar-refractivity contribution in [1.29, 1.82) is 0 Å². The Morgan fingerprint density at radius 2 is 2.12 bits per heavy atom. The molecular weight excluding hydrogens is 408 g/mol. The van der Waals surface area contributed by atoms with E-state index in [0.29, 0.717) is 51.5 Å². The Morgan fingerprint density at radius 1 is 1.31 bits per heavy atom. The molecule has 3 aliphatic heterocycles. The van der Waals surface area contributed by atoms with E-state index in [1.54, 1.807) is 7.11 Å². The molecule has 0 spiro atoms. The van der Waals surface area contributed by atoms with Gasteiger partial charge in [0.05, 0.1) is 26.0 Å². The minimum Gasteiger partial charge on any atom is -0.495 e. The fourth-order valence-corrected chi connectivity index (χ4v) is 5.17. The monoisotopic (exact) mass is 444 g/mol. The van der Waals surface area contributed by atoms with Gasteiger partial charge in [-0.3, -0.25) is 9.59 Å². The Balaban J connectivity index is 1.40. The van der Waals surface area contributed by atoms with Gasteiger partial charge in [-0.15, -0.1) is 0 Å². The lowest BCUT2D eigenvalue weighted by Crippen LogP contribution is -2.57. The molecular formula is C24H36N4O4. The Kier molecular flexibility index (Phi) is 7.52. The second kappa shape index (κ2) is 10.5. The summed E-state index contributed by atoms with van der Waals surface area (Å²) in [6, 6.07) is 5.63. The quantitative estimate of drug-likeness (QED) is 0.591. The Bertz CT molecular complexity index is 811. The zero-order chi connectivity index (χ0) is 22.5. The highest BCUT2D eigenvalue weighted by Gasteiger charge is 2.34. The predicted octanol–water partition coefficient (Wildman–Crippen LogP) is 1.54. The van der Waals surface area contributed by atoms with Gasteiger partial charge in [0.25, 0.3) is 0 Å². The number of carbonyl (C=O) groups excluding carboxylic acids is 2. The van der Waals surface area contributed by atoms with Crippen molar-refractivity contribution in [3.8, 4) is 5.75 Å². The number of nitrogens with one attached hydrogen (secondary N) is 3. The molecule has 2 saturated heterocycles. The molecule has 4 rings (SSSR count). The molecule has 0 aromatic heterocycles. The van der Waals surface area contributed by atoms with E-state index in [1.807, 2.05) is 23.1 Å². The molecule has 176 valence electrons. The highest BCUT2D eigenvalue weighted by Crippen LogP contribution is 2.35. The molecule has 4 unspecified atom stereocenters. The lowest BCUT2D eigenvalue weighted by Gasteiger charge is -2.37. The zero-order valence-electron chi connectivity index (χ0n) is 19.2. The lowest BCUT2D eigenvalue weighted by atomic mass is 9.85. The van der Waals surface area contributed by atoms with Gasteiger partial charge in [-0.1, -0.05) is 19.1 Å². The van der Waals surface area contributed by atoms with E-state index >= 15 is 0 Å². The maximum atomic E-state index is 13.3. The molecule has 8 heteroatoms. The lowest BCUT2D eigenvalue weighted by molar-refractivity contribution is -0.135. The first-order valence-electron chi connectivity index (χ1n) is 11.9. The minimum atomic E-state index is -0.336. The van der Waals surface area contributed by atoms with Crippen LogP contribution >= 0.6 is 0 Å². The summed E-state index contributed by atoms with van der Waals surface area (Å²) < 4.78 is 10.8. The maximum Gasteiger partial charge on any atom is 0.243 e. The van der Waals surface area contributed by atoms with E-state index in [-0.39, 0.29) is 29.9 Å². The Hall–Kier alpha value is -2.32. The molecule has 0 saturated carbocycles. The number of nitrogens with zero attached hydrogens (tertiary/aromatic N) is 1. The number of hydrogen-bond donors (Lipinski definition) is 3. The summed E-state index contributed by atoms with van der Waals surface area (Å²) in [6.45, 7) is 5.69. The number of rotatable bonds is 7. The third-order valence-electron chi connectivity index (χ3n) is 7.02. The summed E-state index contributed by atoms with van der Waals surface area (Å²) in [4.78, 5) is 27.9. The zero-order valence-corrected chi connectivity index (χ0v) is 19.2. The van der Waals surface area contributed by atoms with E-state index in [4.69, 9.17) is 9.47 Å². The van der Waals surface area contributed by atoms with Crippen molar-refractivity contribution in [3.05, 3.63) is 23.8 Å². The van der Waals surface area contributed by atoms with Crippen LogP contribution in [-0.2, 0) is 20.7 Å². The molecule has 3 aliphatic rings. The summed E-state index contributed by atoms with van der Waals surface area (Å²) in [5.74, 6) is 1.33. The number of para-hydroxylation sites is 1. The van der Waals surface area contributed by atoms with E-state index in [9.17, 15) is 9.59 Å². The summed E-state index contributed by atoms with van der Waals surface area (Å²) in [5.41, 5.74) is 1.99. The SMILES string of the molecule is COc1cccc2c1NC(C(=O)NC(CCC(=O)N1CCOCC1)C1NCCCC1C)C2. The van der Waals surface area contributed by atoms with Crippen LogP contribution in [0.2, 0.25) is 0 Å². The third kappa shape index (κ3) is 5.18. The normalized spacial score (nSPS) is 26.1. The number of hydrogen-bond acceptors (Lipinski definition) is 6. The van der Waals surface area contributed by atoms with Gasteiger partial charge in [0.2, 0.25) is 11.8 Å². The molecule has 0 bridgehead atoms. The summed E-state index contributed by atoms with van der Waals surface area (Å²) in [5, 5.41) is 10.2. The van der Waals surface area contributed by atoms with Crippen molar-refractivity contribution in [2.24, 2.45) is 5.92 Å². The molecule has 4 atom stereocenters. The van der Waals surface area contributed by atoms with Crippen molar-refractivity contribution in [3.63, 3.8) is 0 Å². The third-order valence-corrected chi connectivity index (χ3v) is 7.02. The van der Waals surface area contributed by atoms with Gasteiger partial charge < -0.3 is 30.3 Å². The summed E-state index contributed by atoms with van der Waals surface area (Å²) >= 11 is 0. The van der Waals surface area contributed by atoms with Crippen LogP contribution in [-0.4, -0.2) is 74.8 Å². The summed E-state index contributed by atoms with van der Waals surface area (Å²) in [6.07, 6.45) is 3.97. The van der Waals surface area contributed by atoms with Crippen LogP contribution in [0.1, 0.15) is 38.2 Å². The second-order valence-corrected chi connectivity index (χ2v) is 9.14. The van der Waals surface area contributed by atoms with Crippen LogP contribution in [0.3, 0.4) is 0 Å². The van der Waals surface area contributed by atoms with E-state index in [2.05, 4.69) is 22.9 Å². The smallest absolute Gasteiger partial charge is 0.243 e. The van der Waals surface area contributed by atoms with Crippen LogP contribution in [0.5, 0.6) is 5.75 Å². The molecule has 0 radical (unpaired) electrons. The molecule has 0 aliphatic carbocycles. The van der Waals surface area contributed by atoms with Gasteiger partial charge in [0, 0.05) is 38.0 Å². The second-order valence-electron chi connectivity index (χ2n) is 9.14. The van der Waals surface area contributed by atoms with E-state index < -0.39 is 0 Å². The van der Waals surface area contributed by atoms with E-state index in [0.717, 1.165) is 36.4 Å². The minimum absolute atomic E-state index is 0.0216. The number of methoxy groups -OCH3 is 1. The van der Waals surface area contributed by atoms with E-state index in [1.165, 1.54) is 0 Å². The van der Waals surface area contributed by atoms with Gasteiger partial charge in [0.1, 0.15) is 11.8 Å². The van der Waals surface area contributed by atoms with Crippen molar-refractivity contribution in [2.75, 3.05) is 45.3 Å². The van der Waals surface area contributed by atoms with Crippen molar-refractivity contribution in [2.45, 2.75) is 57.2 Å². The van der Waals surface area contributed by atoms with Gasteiger partial charge in [-0.25, -0.2) is 0 Å². The number of carbonyl (C=O) groups is 2. The highest BCUT2D eigenvalue weighted by molar-refractivity contribution is 5.88. The van der Waals surface area contributed by atoms with Crippen molar-refractivity contribution in [1.82, 2.24) is 15.5 Å². The van der Waals surface area contributed by atoms with Crippen LogP contribution in [0.4, 0.5) is 5.69 Å². The fraction of sp³-hybridized carbons (Fsp3) is 0.667. The standard InChI is InChI=1S/C24H36N4O4/c1-16-5-4-10-25-22(16)18(8-9-21(29)28-11-13-32-14-12-28)27-24(30)19-15-17-6-3-7-20(31-2)23(17)26-19/h3,6-7,16,18-19,22,25-26H,4-5,8-15H2,1-2H3,(H,27,30). The topological polar surface area (TPSA) is 91.9 Å². The average molecular weight is 445 g/mol. The first-order chi connectivity index (χ1) is 15.6. The number of ether oxygens (including phenoxy) is 2. The summed E-state index contributed by atoms with van der Waals surface area (Å²) in [7, 11) is 1.64. The van der Waals surface area contributed by atoms with Crippen LogP contribution in [0, 0.1) is 5.92 Å². The van der Waals surface area contributed by atoms with Crippen LogP contribution in [0.15, 0.2) is 18.2 Å². The molecule has 32 heavy (non-hydrogen) atoms. The van der Waals surface area contributed by atoms with Gasteiger partial charge >= 0.3 is 0 Å². The largest absolute Gasteiger partial charge is 0.495 e. The molecule has 1 aromatic rings. The number of fused-ring (bicyclic) bond motifs is 1. The molecule has 2 fully saturated rings. The van der Waals surface area contributed by atoms with Gasteiger partial charge in [-0.2, -0.15) is 0 Å². The molecule has 8 nitrogen and oxygen atoms in total. The van der Waals surface area contributed by atoms with Crippen molar-refractivity contribution < 1.29 is 19.1 Å². The fourth-order valence-electron chi connectivity index (χ4n) is 5.17. The van der Waals surface area contributed by atoms with Gasteiger partial charge in [0.15, 0.2) is 0 Å². The number of amides is 2. The molecule has 1 aromatic carbocycles. The van der Waals surface area contributed by atoms with Gasteiger partial charge in [-0.05, 0) is 43.4 Å².